The number of carbonyl (C=O) groups is 2. The van der Waals surface area contributed by atoms with Crippen molar-refractivity contribution in [1.29, 1.82) is 0 Å². The number of nitrogens with one attached hydrogen (secondary N) is 1. The number of aromatic nitrogens is 3. The van der Waals surface area contributed by atoms with E-state index < -0.39 is 18.5 Å². The number of carbonyl (C=O) groups excluding carboxylic acids is 2. The summed E-state index contributed by atoms with van der Waals surface area (Å²) in [6, 6.07) is 18.6. The maximum Gasteiger partial charge on any atom is 0.358 e. The molecule has 0 spiro atoms. The molecule has 0 aliphatic carbocycles. The minimum atomic E-state index is -0.654. The van der Waals surface area contributed by atoms with Crippen LogP contribution in [0, 0.1) is 0 Å². The molecular weight excluding hydrogens is 436 g/mol. The van der Waals surface area contributed by atoms with Gasteiger partial charge in [-0.2, -0.15) is 5.10 Å². The third-order valence-corrected chi connectivity index (χ3v) is 5.59. The molecule has 0 saturated heterocycles. The van der Waals surface area contributed by atoms with Crippen LogP contribution in [0.1, 0.15) is 16.1 Å². The number of esters is 1. The van der Waals surface area contributed by atoms with Crippen molar-refractivity contribution in [3.8, 4) is 10.6 Å². The zero-order valence-electron chi connectivity index (χ0n) is 16.2. The monoisotopic (exact) mass is 452 g/mol. The summed E-state index contributed by atoms with van der Waals surface area (Å²) in [5.41, 5.74) is 1.95. The van der Waals surface area contributed by atoms with Gasteiger partial charge in [-0.05, 0) is 11.6 Å². The van der Waals surface area contributed by atoms with E-state index >= 15 is 0 Å². The summed E-state index contributed by atoms with van der Waals surface area (Å²) in [5.74, 6) is -0.660. The molecule has 2 aromatic heterocycles. The highest BCUT2D eigenvalue weighted by Gasteiger charge is 2.16. The van der Waals surface area contributed by atoms with Crippen LogP contribution >= 0.6 is 22.9 Å². The molecule has 0 saturated carbocycles. The van der Waals surface area contributed by atoms with Crippen LogP contribution < -0.4 is 5.32 Å². The van der Waals surface area contributed by atoms with E-state index in [0.717, 1.165) is 11.1 Å². The number of nitrogens with zero attached hydrogens (tertiary/aromatic N) is 3. The number of thiazole rings is 1. The van der Waals surface area contributed by atoms with Gasteiger partial charge >= 0.3 is 5.97 Å². The Bertz CT molecular complexity index is 1210. The number of amides is 1. The molecule has 4 aromatic rings. The van der Waals surface area contributed by atoms with Crippen molar-refractivity contribution in [2.24, 2.45) is 0 Å². The molecule has 0 fully saturated rings. The van der Waals surface area contributed by atoms with Crippen LogP contribution in [0.4, 0.5) is 5.82 Å². The lowest BCUT2D eigenvalue weighted by molar-refractivity contribution is -0.119. The fourth-order valence-electron chi connectivity index (χ4n) is 2.82. The Labute approximate surface area is 187 Å². The van der Waals surface area contributed by atoms with Gasteiger partial charge in [0.2, 0.25) is 0 Å². The first kappa shape index (κ1) is 20.8. The minimum absolute atomic E-state index is 0.167. The summed E-state index contributed by atoms with van der Waals surface area (Å²) in [6.45, 7) is -0.0442. The first-order valence-electron chi connectivity index (χ1n) is 9.33. The Kier molecular flexibility index (Phi) is 6.40. The van der Waals surface area contributed by atoms with Crippen LogP contribution in [0.5, 0.6) is 0 Å². The number of benzene rings is 2. The molecule has 0 atom stereocenters. The van der Waals surface area contributed by atoms with Crippen LogP contribution in [-0.4, -0.2) is 33.2 Å². The van der Waals surface area contributed by atoms with E-state index in [4.69, 9.17) is 16.3 Å². The Balaban J connectivity index is 1.33. The molecule has 1 amide bonds. The molecule has 1 N–H and O–H groups in total. The fraction of sp³-hybridized carbons (Fsp3) is 0.0909. The highest BCUT2D eigenvalue weighted by Crippen LogP contribution is 2.23. The van der Waals surface area contributed by atoms with Crippen molar-refractivity contribution in [1.82, 2.24) is 14.8 Å². The predicted molar refractivity (Wildman–Crippen MR) is 119 cm³/mol. The van der Waals surface area contributed by atoms with Crippen molar-refractivity contribution >= 4 is 40.6 Å². The van der Waals surface area contributed by atoms with E-state index in [9.17, 15) is 9.59 Å². The van der Waals surface area contributed by atoms with Crippen molar-refractivity contribution in [2.75, 3.05) is 11.9 Å². The number of ether oxygens (including phenoxy) is 1. The van der Waals surface area contributed by atoms with Crippen molar-refractivity contribution in [3.05, 3.63) is 88.5 Å². The summed E-state index contributed by atoms with van der Waals surface area (Å²) in [4.78, 5) is 28.8. The molecule has 2 aromatic carbocycles. The van der Waals surface area contributed by atoms with Gasteiger partial charge in [0.25, 0.3) is 5.91 Å². The lowest BCUT2D eigenvalue weighted by Crippen LogP contribution is -2.23. The van der Waals surface area contributed by atoms with Gasteiger partial charge in [-0.1, -0.05) is 60.1 Å². The summed E-state index contributed by atoms with van der Waals surface area (Å²) in [7, 11) is 0. The Morgan fingerprint density at radius 2 is 1.84 bits per heavy atom. The topological polar surface area (TPSA) is 86.1 Å². The highest BCUT2D eigenvalue weighted by molar-refractivity contribution is 7.13. The molecule has 2 heterocycles. The van der Waals surface area contributed by atoms with Crippen molar-refractivity contribution < 1.29 is 14.3 Å². The highest BCUT2D eigenvalue weighted by atomic mass is 35.5. The Hall–Kier alpha value is -3.49. The summed E-state index contributed by atoms with van der Waals surface area (Å²) in [5, 5.41) is 9.83. The SMILES string of the molecule is O=C(COC(=O)c1csc(-c2ccccc2)n1)Nc1ccnn1Cc1ccccc1Cl. The first-order valence-corrected chi connectivity index (χ1v) is 10.6. The van der Waals surface area contributed by atoms with Gasteiger partial charge in [0.1, 0.15) is 10.8 Å². The van der Waals surface area contributed by atoms with Gasteiger partial charge in [-0.15, -0.1) is 11.3 Å². The Morgan fingerprint density at radius 1 is 1.06 bits per heavy atom. The third kappa shape index (κ3) is 5.17. The maximum atomic E-state index is 12.3. The van der Waals surface area contributed by atoms with E-state index in [-0.39, 0.29) is 5.69 Å². The third-order valence-electron chi connectivity index (χ3n) is 4.33. The fourth-order valence-corrected chi connectivity index (χ4v) is 3.81. The number of rotatable bonds is 7. The predicted octanol–water partition coefficient (Wildman–Crippen LogP) is 4.50. The van der Waals surface area contributed by atoms with Gasteiger partial charge in [0, 0.05) is 22.0 Å². The lowest BCUT2D eigenvalue weighted by atomic mass is 10.2. The van der Waals surface area contributed by atoms with E-state index in [1.807, 2.05) is 48.5 Å². The molecule has 0 radical (unpaired) electrons. The lowest BCUT2D eigenvalue weighted by Gasteiger charge is -2.10. The number of anilines is 1. The second-order valence-electron chi connectivity index (χ2n) is 6.49. The number of halogens is 1. The minimum Gasteiger partial charge on any atom is -0.451 e. The summed E-state index contributed by atoms with van der Waals surface area (Å²) in [6.07, 6.45) is 1.57. The molecule has 0 unspecified atom stereocenters. The summed E-state index contributed by atoms with van der Waals surface area (Å²) < 4.78 is 6.71. The number of hydrogen-bond acceptors (Lipinski definition) is 6. The van der Waals surface area contributed by atoms with E-state index in [2.05, 4.69) is 15.4 Å². The van der Waals surface area contributed by atoms with Crippen LogP contribution in [0.25, 0.3) is 10.6 Å². The van der Waals surface area contributed by atoms with Gasteiger partial charge in [-0.3, -0.25) is 4.79 Å². The second kappa shape index (κ2) is 9.55. The molecule has 0 aliphatic rings. The zero-order chi connectivity index (χ0) is 21.6. The van der Waals surface area contributed by atoms with E-state index in [1.165, 1.54) is 11.3 Å². The first-order chi connectivity index (χ1) is 15.1. The average molecular weight is 453 g/mol. The molecule has 0 aliphatic heterocycles. The number of hydrogen-bond donors (Lipinski definition) is 1. The summed E-state index contributed by atoms with van der Waals surface area (Å²) >= 11 is 7.53. The molecule has 31 heavy (non-hydrogen) atoms. The van der Waals surface area contributed by atoms with Crippen LogP contribution in [0.15, 0.2) is 72.2 Å². The standard InChI is InChI=1S/C22H17ClN4O3S/c23-17-9-5-4-8-16(17)12-27-19(10-11-24-27)26-20(28)13-30-22(29)18-14-31-21(25-18)15-6-2-1-3-7-15/h1-11,14H,12-13H2,(H,26,28). The second-order valence-corrected chi connectivity index (χ2v) is 7.76. The van der Waals surface area contributed by atoms with Crippen molar-refractivity contribution in [2.45, 2.75) is 6.54 Å². The van der Waals surface area contributed by atoms with E-state index in [1.54, 1.807) is 28.4 Å². The maximum absolute atomic E-state index is 12.3. The normalized spacial score (nSPS) is 10.6. The van der Waals surface area contributed by atoms with Gasteiger partial charge in [-0.25, -0.2) is 14.5 Å². The molecule has 4 rings (SSSR count). The Morgan fingerprint density at radius 3 is 2.65 bits per heavy atom. The van der Waals surface area contributed by atoms with Gasteiger partial charge < -0.3 is 10.1 Å². The van der Waals surface area contributed by atoms with E-state index in [0.29, 0.717) is 22.4 Å². The van der Waals surface area contributed by atoms with Gasteiger partial charge in [0.15, 0.2) is 12.3 Å². The smallest absolute Gasteiger partial charge is 0.358 e. The largest absolute Gasteiger partial charge is 0.451 e. The molecular formula is C22H17ClN4O3S. The van der Waals surface area contributed by atoms with Crippen LogP contribution in [-0.2, 0) is 16.1 Å². The molecule has 9 heteroatoms. The molecule has 156 valence electrons. The molecule has 0 bridgehead atoms. The van der Waals surface area contributed by atoms with Crippen molar-refractivity contribution in [3.63, 3.8) is 0 Å². The average Bonchev–Trinajstić information content (AvgIpc) is 3.44. The van der Waals surface area contributed by atoms with Crippen LogP contribution in [0.3, 0.4) is 0 Å². The van der Waals surface area contributed by atoms with Crippen LogP contribution in [0.2, 0.25) is 5.02 Å². The molecule has 7 nitrogen and oxygen atoms in total. The quantitative estimate of drug-likeness (QED) is 0.417. The zero-order valence-corrected chi connectivity index (χ0v) is 17.8. The van der Waals surface area contributed by atoms with Gasteiger partial charge in [0.05, 0.1) is 12.7 Å².